The summed E-state index contributed by atoms with van der Waals surface area (Å²) >= 11 is 0. The Morgan fingerprint density at radius 3 is 2.25 bits per heavy atom. The van der Waals surface area contributed by atoms with Crippen molar-refractivity contribution in [2.45, 2.75) is 73.9 Å². The number of benzene rings is 1. The number of carbonyl (C=O) groups excluding carboxylic acids is 1. The second-order valence-electron chi connectivity index (χ2n) is 14.2. The van der Waals surface area contributed by atoms with Crippen molar-refractivity contribution in [1.82, 2.24) is 4.90 Å². The van der Waals surface area contributed by atoms with E-state index in [1.165, 1.54) is 7.11 Å². The third kappa shape index (κ3) is 3.48. The van der Waals surface area contributed by atoms with Gasteiger partial charge in [-0.25, -0.2) is 4.79 Å². The minimum Gasteiger partial charge on any atom is -0.497 e. The first-order valence-corrected chi connectivity index (χ1v) is 15.9. The highest BCUT2D eigenvalue weighted by Crippen LogP contribution is 2.80. The van der Waals surface area contributed by atoms with Gasteiger partial charge in [0.15, 0.2) is 0 Å². The van der Waals surface area contributed by atoms with Gasteiger partial charge in [0.1, 0.15) is 17.5 Å². The summed E-state index contributed by atoms with van der Waals surface area (Å²) in [4.78, 5) is 16.1. The van der Waals surface area contributed by atoms with Gasteiger partial charge in [-0.1, -0.05) is 6.92 Å². The largest absolute Gasteiger partial charge is 0.497 e. The predicted molar refractivity (Wildman–Crippen MR) is 156 cm³/mol. The second-order valence-corrected chi connectivity index (χ2v) is 14.2. The molecule has 244 valence electrons. The van der Waals surface area contributed by atoms with Crippen molar-refractivity contribution >= 4 is 5.97 Å². The van der Waals surface area contributed by atoms with Gasteiger partial charge < -0.3 is 43.7 Å². The van der Waals surface area contributed by atoms with E-state index in [0.717, 1.165) is 0 Å². The number of fused-ring (bicyclic) bond motifs is 2. The van der Waals surface area contributed by atoms with E-state index >= 15 is 0 Å². The molecule has 7 rings (SSSR count). The van der Waals surface area contributed by atoms with Crippen molar-refractivity contribution in [3.63, 3.8) is 0 Å². The Kier molecular flexibility index (Phi) is 7.24. The molecule has 0 amide bonds. The van der Waals surface area contributed by atoms with E-state index in [1.807, 2.05) is 0 Å². The van der Waals surface area contributed by atoms with Crippen LogP contribution in [0.5, 0.6) is 5.75 Å². The number of nitrogens with zero attached hydrogens (tertiary/aromatic N) is 1. The van der Waals surface area contributed by atoms with Crippen molar-refractivity contribution in [3.05, 3.63) is 29.8 Å². The molecule has 11 nitrogen and oxygen atoms in total. The maximum atomic E-state index is 13.7. The summed E-state index contributed by atoms with van der Waals surface area (Å²) in [6.45, 7) is 3.73. The summed E-state index contributed by atoms with van der Waals surface area (Å²) in [5.41, 5.74) is -3.92. The van der Waals surface area contributed by atoms with Gasteiger partial charge in [0.05, 0.1) is 49.3 Å². The molecule has 1 heterocycles. The number of piperidine rings is 1. The molecule has 1 spiro atoms. The lowest BCUT2D eigenvalue weighted by Gasteiger charge is -2.70. The molecule has 1 saturated heterocycles. The lowest BCUT2D eigenvalue weighted by atomic mass is 9.42. The quantitative estimate of drug-likeness (QED) is 0.344. The average Bonchev–Trinajstić information content (AvgIpc) is 3.41. The Labute approximate surface area is 258 Å². The molecule has 6 fully saturated rings. The molecule has 0 radical (unpaired) electrons. The highest BCUT2D eigenvalue weighted by Gasteiger charge is 2.89. The summed E-state index contributed by atoms with van der Waals surface area (Å²) < 4.78 is 36.2. The van der Waals surface area contributed by atoms with E-state index in [4.69, 9.17) is 28.4 Å². The topological polar surface area (TPSA) is 136 Å². The molecular weight excluding hydrogens is 570 g/mol. The van der Waals surface area contributed by atoms with Crippen LogP contribution >= 0.6 is 0 Å². The number of ether oxygens (including phenoxy) is 6. The van der Waals surface area contributed by atoms with E-state index in [2.05, 4.69) is 11.8 Å². The molecule has 3 N–H and O–H groups in total. The number of likely N-dealkylation sites (tertiary alicyclic amines) is 1. The van der Waals surface area contributed by atoms with Gasteiger partial charge in [0.2, 0.25) is 0 Å². The SMILES string of the molecule is CCN1C[C@]2(COC)[C@H](O)C[C@H](OC)[C@]34C1[C@H]([C@H](OC)[C@H]23)[C@@]1(O)C[C@H](OC)[C@@]2(O)C[C@@H]4[C@@H]1[C@H]2OC(=O)c1ccc(OC)cc1. The first-order valence-electron chi connectivity index (χ1n) is 15.9. The van der Waals surface area contributed by atoms with Crippen LogP contribution in [0.4, 0.5) is 0 Å². The maximum absolute atomic E-state index is 13.7. The number of aliphatic hydroxyl groups excluding tert-OH is 1. The maximum Gasteiger partial charge on any atom is 0.338 e. The summed E-state index contributed by atoms with van der Waals surface area (Å²) in [5.74, 6) is -1.54. The Balaban J connectivity index is 1.42. The third-order valence-corrected chi connectivity index (χ3v) is 13.1. The normalized spacial score (nSPS) is 50.0. The van der Waals surface area contributed by atoms with Gasteiger partial charge in [-0.15, -0.1) is 0 Å². The summed E-state index contributed by atoms with van der Waals surface area (Å²) in [6, 6.07) is 6.50. The number of rotatable bonds is 9. The zero-order chi connectivity index (χ0) is 31.4. The number of methoxy groups -OCH3 is 5. The van der Waals surface area contributed by atoms with E-state index in [1.54, 1.807) is 52.7 Å². The van der Waals surface area contributed by atoms with Crippen LogP contribution in [0.1, 0.15) is 36.5 Å². The third-order valence-electron chi connectivity index (χ3n) is 13.1. The Morgan fingerprint density at radius 2 is 1.66 bits per heavy atom. The van der Waals surface area contributed by atoms with E-state index in [9.17, 15) is 20.1 Å². The Morgan fingerprint density at radius 1 is 0.955 bits per heavy atom. The van der Waals surface area contributed by atoms with Crippen molar-refractivity contribution < 1.29 is 48.5 Å². The predicted octanol–water partition coefficient (Wildman–Crippen LogP) is 1.12. The fourth-order valence-electron chi connectivity index (χ4n) is 12.0. The van der Waals surface area contributed by atoms with E-state index in [0.29, 0.717) is 37.4 Å². The smallest absolute Gasteiger partial charge is 0.338 e. The lowest BCUT2D eigenvalue weighted by Crippen LogP contribution is -2.79. The fraction of sp³-hybridized carbons (Fsp3) is 0.788. The van der Waals surface area contributed by atoms with Crippen LogP contribution in [0.25, 0.3) is 0 Å². The summed E-state index contributed by atoms with van der Waals surface area (Å²) in [5, 5.41) is 37.7. The number of carbonyl (C=O) groups is 1. The monoisotopic (exact) mass is 617 g/mol. The van der Waals surface area contributed by atoms with Gasteiger partial charge in [-0.05, 0) is 43.1 Å². The number of hydrogen-bond acceptors (Lipinski definition) is 11. The van der Waals surface area contributed by atoms with Crippen LogP contribution in [-0.2, 0) is 23.7 Å². The molecule has 1 unspecified atom stereocenters. The van der Waals surface area contributed by atoms with Gasteiger partial charge in [0, 0.05) is 82.5 Å². The zero-order valence-corrected chi connectivity index (χ0v) is 26.5. The molecular formula is C33H47NO10. The number of esters is 1. The molecule has 11 heteroatoms. The van der Waals surface area contributed by atoms with Gasteiger partial charge >= 0.3 is 5.97 Å². The minimum atomic E-state index is -1.54. The Bertz CT molecular complexity index is 1280. The van der Waals surface area contributed by atoms with Crippen LogP contribution in [-0.4, -0.2) is 129 Å². The molecule has 5 aliphatic carbocycles. The molecule has 6 aliphatic rings. The van der Waals surface area contributed by atoms with Gasteiger partial charge in [-0.3, -0.25) is 4.90 Å². The van der Waals surface area contributed by atoms with Crippen molar-refractivity contribution in [1.29, 1.82) is 0 Å². The van der Waals surface area contributed by atoms with E-state index < -0.39 is 64.3 Å². The molecule has 1 aromatic carbocycles. The van der Waals surface area contributed by atoms with Crippen LogP contribution in [0.3, 0.4) is 0 Å². The van der Waals surface area contributed by atoms with Gasteiger partial charge in [0.25, 0.3) is 0 Å². The number of aliphatic hydroxyl groups is 3. The summed E-state index contributed by atoms with van der Waals surface area (Å²) in [7, 11) is 8.13. The first-order chi connectivity index (χ1) is 21.1. The minimum absolute atomic E-state index is 0.146. The standard InChI is InChI=1S/C33H47NO10/c1-7-34-15-30(16-39-2)20(35)12-21(41-4)33-19-13-31(37)22(42-5)14-32(38,24(27(33)34)25(43-6)26(30)33)23(19)28(31)44-29(36)17-8-10-18(40-3)11-9-17/h8-11,19-28,35,37-38H,7,12-16H2,1-6H3/t19-,20-,21+,22+,23-,24+,25+,26-,27?,28-,30+,31+,32-,33+/m1/s1. The zero-order valence-electron chi connectivity index (χ0n) is 26.5. The highest BCUT2D eigenvalue weighted by atomic mass is 16.6. The van der Waals surface area contributed by atoms with E-state index in [-0.39, 0.29) is 36.8 Å². The molecule has 14 atom stereocenters. The fourth-order valence-corrected chi connectivity index (χ4v) is 12.0. The van der Waals surface area contributed by atoms with Crippen molar-refractivity contribution in [2.75, 3.05) is 55.2 Å². The molecule has 7 bridgehead atoms. The average molecular weight is 618 g/mol. The van der Waals surface area contributed by atoms with Crippen molar-refractivity contribution in [3.8, 4) is 5.75 Å². The first kappa shape index (κ1) is 30.8. The van der Waals surface area contributed by atoms with Crippen LogP contribution < -0.4 is 4.74 Å². The molecule has 44 heavy (non-hydrogen) atoms. The molecule has 0 aromatic heterocycles. The van der Waals surface area contributed by atoms with Crippen LogP contribution in [0, 0.1) is 34.5 Å². The van der Waals surface area contributed by atoms with Crippen LogP contribution in [0.2, 0.25) is 0 Å². The molecule has 1 aromatic rings. The van der Waals surface area contributed by atoms with Crippen LogP contribution in [0.15, 0.2) is 24.3 Å². The Hall–Kier alpha value is -1.83. The van der Waals surface area contributed by atoms with Crippen molar-refractivity contribution in [2.24, 2.45) is 34.5 Å². The number of hydrogen-bond donors (Lipinski definition) is 3. The van der Waals surface area contributed by atoms with Gasteiger partial charge in [-0.2, -0.15) is 0 Å². The summed E-state index contributed by atoms with van der Waals surface area (Å²) in [6.07, 6.45) is -2.51. The molecule has 1 aliphatic heterocycles. The highest BCUT2D eigenvalue weighted by molar-refractivity contribution is 5.89. The lowest BCUT2D eigenvalue weighted by molar-refractivity contribution is -0.298. The molecule has 5 saturated carbocycles. The second kappa shape index (κ2) is 10.3.